The molecule has 0 aromatic carbocycles. The van der Waals surface area contributed by atoms with Crippen molar-refractivity contribution in [2.75, 3.05) is 26.7 Å². The highest BCUT2D eigenvalue weighted by molar-refractivity contribution is 5.78. The maximum absolute atomic E-state index is 11.8. The van der Waals surface area contributed by atoms with E-state index in [1.807, 2.05) is 46.9 Å². The number of carbonyl (C=O) groups excluding carboxylic acids is 1. The van der Waals surface area contributed by atoms with Crippen molar-refractivity contribution < 1.29 is 4.79 Å². The molecule has 3 aromatic heterocycles. The van der Waals surface area contributed by atoms with Gasteiger partial charge < -0.3 is 9.80 Å². The zero-order chi connectivity index (χ0) is 19.8. The molecule has 8 heteroatoms. The first-order valence-corrected chi connectivity index (χ1v) is 10.3. The Hall–Kier alpha value is -2.87. The standard InChI is InChI=1S/C21H25N7O/c1-26-17(4-7-20(26)29)14-27-11-8-15(9-12-27)21-24-23-19-6-5-18(25-28(19)21)16-3-2-10-22-13-16/h2-3,5-6,10,13,15,17H,4,7-9,11-12,14H2,1H3. The minimum absolute atomic E-state index is 0.273. The third kappa shape index (κ3) is 3.48. The highest BCUT2D eigenvalue weighted by Gasteiger charge is 2.31. The fraction of sp³-hybridized carbons (Fsp3) is 0.476. The normalized spacial score (nSPS) is 21.3. The van der Waals surface area contributed by atoms with Crippen molar-refractivity contribution in [3.05, 3.63) is 42.5 Å². The van der Waals surface area contributed by atoms with Crippen molar-refractivity contribution in [1.29, 1.82) is 0 Å². The van der Waals surface area contributed by atoms with E-state index in [0.29, 0.717) is 18.4 Å². The highest BCUT2D eigenvalue weighted by atomic mass is 16.2. The number of rotatable bonds is 4. The van der Waals surface area contributed by atoms with Crippen molar-refractivity contribution in [3.8, 4) is 11.3 Å². The Kier molecular flexibility index (Phi) is 4.71. The van der Waals surface area contributed by atoms with Crippen LogP contribution < -0.4 is 0 Å². The second kappa shape index (κ2) is 7.51. The van der Waals surface area contributed by atoms with Crippen molar-refractivity contribution in [2.45, 2.75) is 37.6 Å². The van der Waals surface area contributed by atoms with Crippen LogP contribution in [0.25, 0.3) is 16.9 Å². The fourth-order valence-corrected chi connectivity index (χ4v) is 4.48. The second-order valence-corrected chi connectivity index (χ2v) is 8.06. The summed E-state index contributed by atoms with van der Waals surface area (Å²) in [5.41, 5.74) is 2.64. The lowest BCUT2D eigenvalue weighted by Crippen LogP contribution is -2.43. The largest absolute Gasteiger partial charge is 0.341 e. The second-order valence-electron chi connectivity index (χ2n) is 8.06. The molecule has 2 fully saturated rings. The van der Waals surface area contributed by atoms with Gasteiger partial charge in [-0.2, -0.15) is 9.61 Å². The van der Waals surface area contributed by atoms with E-state index in [2.05, 4.69) is 20.1 Å². The smallest absolute Gasteiger partial charge is 0.222 e. The number of amides is 1. The van der Waals surface area contributed by atoms with Gasteiger partial charge in [0, 0.05) is 49.9 Å². The molecule has 2 aliphatic heterocycles. The van der Waals surface area contributed by atoms with Crippen molar-refractivity contribution in [2.24, 2.45) is 0 Å². The van der Waals surface area contributed by atoms with E-state index in [9.17, 15) is 4.79 Å². The van der Waals surface area contributed by atoms with Gasteiger partial charge in [0.25, 0.3) is 0 Å². The lowest BCUT2D eigenvalue weighted by Gasteiger charge is -2.34. The summed E-state index contributed by atoms with van der Waals surface area (Å²) in [6.07, 6.45) is 7.31. The van der Waals surface area contributed by atoms with Crippen LogP contribution in [-0.2, 0) is 4.79 Å². The number of hydrogen-bond acceptors (Lipinski definition) is 6. The van der Waals surface area contributed by atoms with Gasteiger partial charge in [0.05, 0.1) is 5.69 Å². The molecule has 1 unspecified atom stereocenters. The van der Waals surface area contributed by atoms with E-state index < -0.39 is 0 Å². The molecule has 1 amide bonds. The van der Waals surface area contributed by atoms with Crippen LogP contribution in [0.2, 0.25) is 0 Å². The van der Waals surface area contributed by atoms with Gasteiger partial charge in [0.15, 0.2) is 11.5 Å². The third-order valence-electron chi connectivity index (χ3n) is 6.30. The van der Waals surface area contributed by atoms with E-state index in [4.69, 9.17) is 5.10 Å². The van der Waals surface area contributed by atoms with Gasteiger partial charge in [-0.05, 0) is 56.6 Å². The summed E-state index contributed by atoms with van der Waals surface area (Å²) in [7, 11) is 1.93. The van der Waals surface area contributed by atoms with E-state index in [-0.39, 0.29) is 5.91 Å². The van der Waals surface area contributed by atoms with E-state index >= 15 is 0 Å². The molecule has 150 valence electrons. The van der Waals surface area contributed by atoms with Gasteiger partial charge in [-0.25, -0.2) is 0 Å². The molecule has 29 heavy (non-hydrogen) atoms. The number of piperidine rings is 1. The number of hydrogen-bond donors (Lipinski definition) is 0. The topological polar surface area (TPSA) is 79.5 Å². The molecule has 0 radical (unpaired) electrons. The zero-order valence-electron chi connectivity index (χ0n) is 16.6. The number of likely N-dealkylation sites (N-methyl/N-ethyl adjacent to an activating group) is 1. The highest BCUT2D eigenvalue weighted by Crippen LogP contribution is 2.28. The van der Waals surface area contributed by atoms with E-state index in [1.165, 1.54) is 0 Å². The zero-order valence-corrected chi connectivity index (χ0v) is 16.6. The van der Waals surface area contributed by atoms with Gasteiger partial charge >= 0.3 is 0 Å². The van der Waals surface area contributed by atoms with Crippen LogP contribution in [0.5, 0.6) is 0 Å². The van der Waals surface area contributed by atoms with Crippen LogP contribution in [0.3, 0.4) is 0 Å². The fourth-order valence-electron chi connectivity index (χ4n) is 4.48. The summed E-state index contributed by atoms with van der Waals surface area (Å²) in [4.78, 5) is 20.4. The first-order valence-electron chi connectivity index (χ1n) is 10.3. The van der Waals surface area contributed by atoms with Gasteiger partial charge in [-0.3, -0.25) is 9.78 Å². The van der Waals surface area contributed by atoms with Crippen LogP contribution in [-0.4, -0.2) is 73.2 Å². The lowest BCUT2D eigenvalue weighted by molar-refractivity contribution is -0.127. The Labute approximate surface area is 169 Å². The molecule has 5 rings (SSSR count). The third-order valence-corrected chi connectivity index (χ3v) is 6.30. The SMILES string of the molecule is CN1C(=O)CCC1CN1CCC(c2nnc3ccc(-c4cccnc4)nn23)CC1. The Morgan fingerprint density at radius 1 is 1.10 bits per heavy atom. The summed E-state index contributed by atoms with van der Waals surface area (Å²) in [6, 6.07) is 8.21. The molecule has 3 aromatic rings. The Morgan fingerprint density at radius 3 is 2.69 bits per heavy atom. The van der Waals surface area contributed by atoms with Gasteiger partial charge in [0.1, 0.15) is 0 Å². The van der Waals surface area contributed by atoms with Crippen LogP contribution in [0, 0.1) is 0 Å². The monoisotopic (exact) mass is 391 g/mol. The molecule has 0 saturated carbocycles. The van der Waals surface area contributed by atoms with Gasteiger partial charge in [-0.15, -0.1) is 10.2 Å². The first-order chi connectivity index (χ1) is 14.2. The number of likely N-dealkylation sites (tertiary alicyclic amines) is 2. The number of fused-ring (bicyclic) bond motifs is 1. The number of aromatic nitrogens is 5. The molecular formula is C21H25N7O. The van der Waals surface area contributed by atoms with Crippen LogP contribution in [0.4, 0.5) is 0 Å². The average molecular weight is 391 g/mol. The van der Waals surface area contributed by atoms with Crippen LogP contribution in [0.1, 0.15) is 37.4 Å². The quantitative estimate of drug-likeness (QED) is 0.677. The molecule has 2 aliphatic rings. The van der Waals surface area contributed by atoms with Crippen LogP contribution >= 0.6 is 0 Å². The Balaban J connectivity index is 1.30. The Bertz CT molecular complexity index is 1010. The first kappa shape index (κ1) is 18.2. The minimum Gasteiger partial charge on any atom is -0.341 e. The number of nitrogens with zero attached hydrogens (tertiary/aromatic N) is 7. The molecule has 2 saturated heterocycles. The number of pyridine rings is 1. The summed E-state index contributed by atoms with van der Waals surface area (Å²) in [5, 5.41) is 13.6. The molecule has 0 aliphatic carbocycles. The van der Waals surface area contributed by atoms with Crippen molar-refractivity contribution >= 4 is 11.6 Å². The van der Waals surface area contributed by atoms with Gasteiger partial charge in [0.2, 0.25) is 5.91 Å². The van der Waals surface area contributed by atoms with E-state index in [0.717, 1.165) is 61.6 Å². The molecule has 1 atom stereocenters. The number of carbonyl (C=O) groups is 1. The predicted molar refractivity (Wildman–Crippen MR) is 108 cm³/mol. The molecule has 0 spiro atoms. The maximum atomic E-state index is 11.8. The van der Waals surface area contributed by atoms with Crippen molar-refractivity contribution in [1.82, 2.24) is 34.6 Å². The van der Waals surface area contributed by atoms with Crippen LogP contribution in [0.15, 0.2) is 36.7 Å². The Morgan fingerprint density at radius 2 is 1.97 bits per heavy atom. The van der Waals surface area contributed by atoms with Gasteiger partial charge in [-0.1, -0.05) is 0 Å². The summed E-state index contributed by atoms with van der Waals surface area (Å²) >= 11 is 0. The molecule has 8 nitrogen and oxygen atoms in total. The summed E-state index contributed by atoms with van der Waals surface area (Å²) in [5.74, 6) is 1.56. The molecule has 0 N–H and O–H groups in total. The lowest BCUT2D eigenvalue weighted by atomic mass is 9.95. The summed E-state index contributed by atoms with van der Waals surface area (Å²) < 4.78 is 1.89. The van der Waals surface area contributed by atoms with Crippen molar-refractivity contribution in [3.63, 3.8) is 0 Å². The molecule has 5 heterocycles. The summed E-state index contributed by atoms with van der Waals surface area (Å²) in [6.45, 7) is 3.00. The van der Waals surface area contributed by atoms with E-state index in [1.54, 1.807) is 6.20 Å². The molecule has 0 bridgehead atoms. The predicted octanol–water partition coefficient (Wildman–Crippen LogP) is 1.99. The molecular weight excluding hydrogens is 366 g/mol. The minimum atomic E-state index is 0.273. The average Bonchev–Trinajstić information content (AvgIpc) is 3.33. The maximum Gasteiger partial charge on any atom is 0.222 e.